The van der Waals surface area contributed by atoms with Gasteiger partial charge in [-0.15, -0.1) is 0 Å². The van der Waals surface area contributed by atoms with E-state index in [1.165, 1.54) is 13.2 Å². The number of alkyl halides is 2. The first-order valence-corrected chi connectivity index (χ1v) is 4.64. The summed E-state index contributed by atoms with van der Waals surface area (Å²) in [5.41, 5.74) is 6.10. The zero-order chi connectivity index (χ0) is 11.7. The van der Waals surface area contributed by atoms with Gasteiger partial charge in [0.25, 0.3) is 6.43 Å². The van der Waals surface area contributed by atoms with Crippen LogP contribution in [-0.2, 0) is 0 Å². The summed E-state index contributed by atoms with van der Waals surface area (Å²) in [6.45, 7) is 0. The van der Waals surface area contributed by atoms with E-state index in [-0.39, 0.29) is 11.4 Å². The van der Waals surface area contributed by atoms with Gasteiger partial charge in [0.15, 0.2) is 0 Å². The lowest BCUT2D eigenvalue weighted by molar-refractivity contribution is 0.146. The van der Waals surface area contributed by atoms with Crippen molar-refractivity contribution in [1.29, 1.82) is 0 Å². The van der Waals surface area contributed by atoms with Gasteiger partial charge in [0.2, 0.25) is 0 Å². The van der Waals surface area contributed by atoms with Gasteiger partial charge >= 0.3 is 0 Å². The number of nitrogens with zero attached hydrogens (tertiary/aromatic N) is 1. The van der Waals surface area contributed by atoms with Gasteiger partial charge in [-0.1, -0.05) is 0 Å². The quantitative estimate of drug-likeness (QED) is 0.853. The van der Waals surface area contributed by atoms with Gasteiger partial charge in [0.1, 0.15) is 11.4 Å². The summed E-state index contributed by atoms with van der Waals surface area (Å²) in [6, 6.07) is 6.12. The molecule has 1 heterocycles. The molecule has 16 heavy (non-hydrogen) atoms. The van der Waals surface area contributed by atoms with Gasteiger partial charge in [-0.3, -0.25) is 0 Å². The van der Waals surface area contributed by atoms with Gasteiger partial charge in [0.05, 0.1) is 12.6 Å². The normalized spacial score (nSPS) is 11.0. The Morgan fingerprint density at radius 3 is 2.69 bits per heavy atom. The number of anilines is 1. The lowest BCUT2D eigenvalue weighted by atomic mass is 10.1. The largest absolute Gasteiger partial charge is 0.497 e. The first kappa shape index (κ1) is 10.6. The molecular weight excluding hydrogens is 214 g/mol. The predicted octanol–water partition coefficient (Wildman–Crippen LogP) is 2.76. The molecule has 1 aromatic heterocycles. The van der Waals surface area contributed by atoms with Crippen LogP contribution in [0.4, 0.5) is 14.5 Å². The highest BCUT2D eigenvalue weighted by Crippen LogP contribution is 2.28. The fourth-order valence-electron chi connectivity index (χ4n) is 1.49. The maximum absolute atomic E-state index is 12.5. The first-order chi connectivity index (χ1) is 7.61. The van der Waals surface area contributed by atoms with Crippen LogP contribution in [0.1, 0.15) is 12.1 Å². The average molecular weight is 224 g/mol. The molecule has 5 heteroatoms. The molecule has 0 saturated heterocycles. The number of halogens is 2. The Labute approximate surface area is 90.8 Å². The Hall–Kier alpha value is -1.91. The third kappa shape index (κ3) is 1.76. The second-order valence-corrected chi connectivity index (χ2v) is 3.32. The Kier molecular flexibility index (Phi) is 2.60. The number of pyridine rings is 1. The molecular formula is C11H10F2N2O. The number of hydrogen-bond acceptors (Lipinski definition) is 3. The third-order valence-electron chi connectivity index (χ3n) is 2.29. The minimum atomic E-state index is -2.62. The molecule has 0 aliphatic rings. The van der Waals surface area contributed by atoms with Crippen molar-refractivity contribution in [1.82, 2.24) is 4.98 Å². The molecule has 0 fully saturated rings. The van der Waals surface area contributed by atoms with Crippen LogP contribution in [0.25, 0.3) is 10.9 Å². The lowest BCUT2D eigenvalue weighted by Gasteiger charge is -2.07. The van der Waals surface area contributed by atoms with Crippen molar-refractivity contribution >= 4 is 16.6 Å². The highest BCUT2D eigenvalue weighted by molar-refractivity contribution is 5.91. The number of fused-ring (bicyclic) bond motifs is 1. The van der Waals surface area contributed by atoms with Crippen molar-refractivity contribution in [3.8, 4) is 5.75 Å². The van der Waals surface area contributed by atoms with Crippen molar-refractivity contribution < 1.29 is 13.5 Å². The van der Waals surface area contributed by atoms with E-state index < -0.39 is 6.43 Å². The topological polar surface area (TPSA) is 48.1 Å². The molecule has 84 valence electrons. The molecule has 2 rings (SSSR count). The second-order valence-electron chi connectivity index (χ2n) is 3.32. The Morgan fingerprint density at radius 1 is 1.31 bits per heavy atom. The summed E-state index contributed by atoms with van der Waals surface area (Å²) >= 11 is 0. The van der Waals surface area contributed by atoms with Crippen molar-refractivity contribution in [2.75, 3.05) is 12.8 Å². The van der Waals surface area contributed by atoms with E-state index in [2.05, 4.69) is 4.98 Å². The van der Waals surface area contributed by atoms with Crippen molar-refractivity contribution in [3.05, 3.63) is 30.0 Å². The monoisotopic (exact) mass is 224 g/mol. The minimum absolute atomic E-state index is 0.277. The van der Waals surface area contributed by atoms with Gasteiger partial charge in [-0.05, 0) is 24.3 Å². The molecule has 0 bridgehead atoms. The average Bonchev–Trinajstić information content (AvgIpc) is 2.28. The second kappa shape index (κ2) is 3.92. The molecule has 0 aliphatic carbocycles. The van der Waals surface area contributed by atoms with Crippen LogP contribution in [-0.4, -0.2) is 12.1 Å². The van der Waals surface area contributed by atoms with Crippen LogP contribution < -0.4 is 10.5 Å². The summed E-state index contributed by atoms with van der Waals surface area (Å²) in [4.78, 5) is 3.83. The molecule has 0 radical (unpaired) electrons. The van der Waals surface area contributed by atoms with Crippen LogP contribution in [0.2, 0.25) is 0 Å². The highest BCUT2D eigenvalue weighted by Gasteiger charge is 2.12. The first-order valence-electron chi connectivity index (χ1n) is 4.64. The fourth-order valence-corrected chi connectivity index (χ4v) is 1.49. The maximum atomic E-state index is 12.5. The van der Waals surface area contributed by atoms with Crippen molar-refractivity contribution in [3.63, 3.8) is 0 Å². The van der Waals surface area contributed by atoms with E-state index in [0.29, 0.717) is 16.7 Å². The predicted molar refractivity (Wildman–Crippen MR) is 57.7 cm³/mol. The number of nitrogen functional groups attached to an aromatic ring is 1. The molecule has 0 saturated carbocycles. The van der Waals surface area contributed by atoms with Gasteiger partial charge < -0.3 is 10.5 Å². The van der Waals surface area contributed by atoms with E-state index >= 15 is 0 Å². The number of methoxy groups -OCH3 is 1. The van der Waals surface area contributed by atoms with Crippen molar-refractivity contribution in [2.24, 2.45) is 0 Å². The molecule has 1 aromatic carbocycles. The molecule has 2 N–H and O–H groups in total. The van der Waals surface area contributed by atoms with E-state index in [4.69, 9.17) is 10.5 Å². The zero-order valence-electron chi connectivity index (χ0n) is 8.58. The summed E-state index contributed by atoms with van der Waals surface area (Å²) in [6.07, 6.45) is -2.62. The molecule has 0 spiro atoms. The van der Waals surface area contributed by atoms with Gasteiger partial charge in [-0.25, -0.2) is 13.8 Å². The van der Waals surface area contributed by atoms with Crippen molar-refractivity contribution in [2.45, 2.75) is 6.43 Å². The zero-order valence-corrected chi connectivity index (χ0v) is 8.58. The number of nitrogens with two attached hydrogens (primary N) is 1. The molecule has 0 atom stereocenters. The lowest BCUT2D eigenvalue weighted by Crippen LogP contribution is -1.96. The summed E-state index contributed by atoms with van der Waals surface area (Å²) < 4.78 is 30.0. The Balaban J connectivity index is 2.66. The number of ether oxygens (including phenoxy) is 1. The minimum Gasteiger partial charge on any atom is -0.497 e. The van der Waals surface area contributed by atoms with Gasteiger partial charge in [-0.2, -0.15) is 0 Å². The van der Waals surface area contributed by atoms with E-state index in [0.717, 1.165) is 0 Å². The summed E-state index contributed by atoms with van der Waals surface area (Å²) in [5.74, 6) is 0.616. The smallest absolute Gasteiger partial charge is 0.280 e. The molecule has 0 unspecified atom stereocenters. The van der Waals surface area contributed by atoms with E-state index in [9.17, 15) is 8.78 Å². The van der Waals surface area contributed by atoms with E-state index in [1.807, 2.05) is 0 Å². The Morgan fingerprint density at radius 2 is 2.06 bits per heavy atom. The van der Waals surface area contributed by atoms with Crippen LogP contribution in [0.3, 0.4) is 0 Å². The number of benzene rings is 1. The van der Waals surface area contributed by atoms with Crippen LogP contribution in [0, 0.1) is 0 Å². The Bertz CT molecular complexity index is 529. The third-order valence-corrected chi connectivity index (χ3v) is 2.29. The van der Waals surface area contributed by atoms with Crippen LogP contribution >= 0.6 is 0 Å². The van der Waals surface area contributed by atoms with Crippen LogP contribution in [0.5, 0.6) is 5.75 Å². The number of rotatable bonds is 2. The number of aromatic nitrogens is 1. The molecule has 0 aliphatic heterocycles. The molecule has 2 aromatic rings. The molecule has 3 nitrogen and oxygen atoms in total. The summed E-state index contributed by atoms with van der Waals surface area (Å²) in [7, 11) is 1.53. The fraction of sp³-hybridized carbons (Fsp3) is 0.182. The standard InChI is InChI=1S/C11H10F2N2O/c1-16-6-2-3-9-7(4-6)8(14)5-10(15-9)11(12)13/h2-5,11H,1H3,(H2,14,15). The molecule has 0 amide bonds. The van der Waals surface area contributed by atoms with Gasteiger partial charge in [0, 0.05) is 11.1 Å². The maximum Gasteiger partial charge on any atom is 0.280 e. The number of hydrogen-bond donors (Lipinski definition) is 1. The van der Waals surface area contributed by atoms with E-state index in [1.54, 1.807) is 18.2 Å². The highest BCUT2D eigenvalue weighted by atomic mass is 19.3. The van der Waals surface area contributed by atoms with Crippen LogP contribution in [0.15, 0.2) is 24.3 Å². The SMILES string of the molecule is COc1ccc2nc(C(F)F)cc(N)c2c1. The summed E-state index contributed by atoms with van der Waals surface area (Å²) in [5, 5.41) is 0.615.